The minimum absolute atomic E-state index is 0.0292. The third-order valence-electron chi connectivity index (χ3n) is 6.21. The lowest BCUT2D eigenvalue weighted by molar-refractivity contribution is -0.144. The minimum Gasteiger partial charge on any atom is -0.511 e. The first-order valence-corrected chi connectivity index (χ1v) is 10.9. The van der Waals surface area contributed by atoms with E-state index in [-0.39, 0.29) is 24.3 Å². The Hall–Kier alpha value is -2.32. The summed E-state index contributed by atoms with van der Waals surface area (Å²) in [6.45, 7) is 8.44. The summed E-state index contributed by atoms with van der Waals surface area (Å²) in [5.41, 5.74) is 2.53. The highest BCUT2D eigenvalue weighted by atomic mass is 16.5. The van der Waals surface area contributed by atoms with Gasteiger partial charge in [0.05, 0.1) is 26.9 Å². The maximum atomic E-state index is 12.1. The van der Waals surface area contributed by atoms with Crippen LogP contribution < -0.4 is 0 Å². The van der Waals surface area contributed by atoms with Gasteiger partial charge in [0.15, 0.2) is 0 Å². The van der Waals surface area contributed by atoms with Crippen LogP contribution >= 0.6 is 0 Å². The van der Waals surface area contributed by atoms with Crippen molar-refractivity contribution in [2.45, 2.75) is 33.1 Å². The number of cyclic esters (lactones) is 1. The van der Waals surface area contributed by atoms with E-state index in [1.165, 1.54) is 0 Å². The first kappa shape index (κ1) is 23.3. The van der Waals surface area contributed by atoms with E-state index >= 15 is 0 Å². The number of hydrogen-bond acceptors (Lipinski definition) is 8. The zero-order valence-corrected chi connectivity index (χ0v) is 18.6. The summed E-state index contributed by atoms with van der Waals surface area (Å²) in [6, 6.07) is 0. The molecule has 0 amide bonds. The van der Waals surface area contributed by atoms with Crippen molar-refractivity contribution in [1.82, 2.24) is 4.90 Å². The van der Waals surface area contributed by atoms with Gasteiger partial charge in [-0.2, -0.15) is 0 Å². The molecule has 1 N–H and O–H groups in total. The molecule has 2 unspecified atom stereocenters. The van der Waals surface area contributed by atoms with Gasteiger partial charge in [-0.15, -0.1) is 0 Å². The van der Waals surface area contributed by atoms with Crippen LogP contribution in [-0.2, 0) is 28.5 Å². The lowest BCUT2D eigenvalue weighted by Crippen LogP contribution is -2.38. The maximum Gasteiger partial charge on any atom is 0.317 e. The summed E-state index contributed by atoms with van der Waals surface area (Å²) >= 11 is 0. The summed E-state index contributed by atoms with van der Waals surface area (Å²) in [7, 11) is 1.56. The molecule has 0 saturated carbocycles. The molecule has 0 aromatic heterocycles. The molecule has 2 saturated heterocycles. The Morgan fingerprint density at radius 2 is 2.03 bits per heavy atom. The number of methoxy groups -OCH3 is 1. The fraction of sp³-hybridized carbons (Fsp3) is 0.652. The van der Waals surface area contributed by atoms with Crippen molar-refractivity contribution in [1.29, 1.82) is 0 Å². The maximum absolute atomic E-state index is 12.1. The lowest BCUT2D eigenvalue weighted by Gasteiger charge is -2.27. The van der Waals surface area contributed by atoms with Crippen LogP contribution in [0.1, 0.15) is 33.1 Å². The van der Waals surface area contributed by atoms with Crippen LogP contribution in [0.25, 0.3) is 0 Å². The number of fused-ring (bicyclic) bond motifs is 1. The standard InChI is InChI=1S/C23H33NO7/c1-15(5-7-19(25)30-13-10-24-8-11-29-12-9-24)4-6-17-21(26)20-18(14-31-23(20)27)16(2)22(17)28-3/h4,18,20,26H,5-14H2,1-3H3/b15-4+. The number of morpholine rings is 1. The number of aliphatic hydroxyl groups is 1. The molecule has 1 aliphatic carbocycles. The highest BCUT2D eigenvalue weighted by Crippen LogP contribution is 2.43. The van der Waals surface area contributed by atoms with Crippen molar-refractivity contribution >= 4 is 11.9 Å². The Morgan fingerprint density at radius 3 is 2.74 bits per heavy atom. The van der Waals surface area contributed by atoms with E-state index < -0.39 is 11.9 Å². The van der Waals surface area contributed by atoms with Crippen LogP contribution in [0.2, 0.25) is 0 Å². The quantitative estimate of drug-likeness (QED) is 0.436. The highest BCUT2D eigenvalue weighted by Gasteiger charge is 2.46. The molecule has 2 heterocycles. The molecule has 3 rings (SSSR count). The third kappa shape index (κ3) is 5.68. The average Bonchev–Trinajstić information content (AvgIpc) is 3.16. The molecule has 172 valence electrons. The van der Waals surface area contributed by atoms with Gasteiger partial charge in [-0.25, -0.2) is 0 Å². The summed E-state index contributed by atoms with van der Waals surface area (Å²) in [6.07, 6.45) is 3.25. The Balaban J connectivity index is 1.49. The monoisotopic (exact) mass is 435 g/mol. The van der Waals surface area contributed by atoms with Gasteiger partial charge in [0.25, 0.3) is 0 Å². The summed E-state index contributed by atoms with van der Waals surface area (Å²) in [5.74, 6) is -0.793. The highest BCUT2D eigenvalue weighted by molar-refractivity contribution is 5.79. The number of aliphatic hydroxyl groups excluding tert-OH is 1. The van der Waals surface area contributed by atoms with Crippen molar-refractivity contribution in [3.8, 4) is 0 Å². The number of allylic oxidation sites excluding steroid dienone is 3. The number of esters is 2. The fourth-order valence-electron chi connectivity index (χ4n) is 4.25. The van der Waals surface area contributed by atoms with Gasteiger partial charge in [0, 0.05) is 37.5 Å². The van der Waals surface area contributed by atoms with Crippen LogP contribution in [0.3, 0.4) is 0 Å². The predicted octanol–water partition coefficient (Wildman–Crippen LogP) is 2.51. The smallest absolute Gasteiger partial charge is 0.317 e. The number of nitrogens with zero attached hydrogens (tertiary/aromatic N) is 1. The molecule has 0 radical (unpaired) electrons. The Kier molecular flexibility index (Phi) is 8.15. The SMILES string of the molecule is COC1=C(C)C2COC(=O)C2C(O)=C1C/C=C(\C)CCC(=O)OCCN1CCOCC1. The van der Waals surface area contributed by atoms with Gasteiger partial charge in [-0.1, -0.05) is 11.6 Å². The average molecular weight is 436 g/mol. The van der Waals surface area contributed by atoms with E-state index in [2.05, 4.69) is 4.90 Å². The van der Waals surface area contributed by atoms with Gasteiger partial charge in [0.2, 0.25) is 0 Å². The Bertz CT molecular complexity index is 777. The molecule has 0 aromatic rings. The molecule has 2 fully saturated rings. The van der Waals surface area contributed by atoms with Crippen LogP contribution in [0.5, 0.6) is 0 Å². The van der Waals surface area contributed by atoms with Gasteiger partial charge in [0.1, 0.15) is 24.0 Å². The number of carbonyl (C=O) groups is 2. The van der Waals surface area contributed by atoms with Gasteiger partial charge in [-0.3, -0.25) is 14.5 Å². The van der Waals surface area contributed by atoms with Gasteiger partial charge in [-0.05, 0) is 32.3 Å². The molecule has 0 spiro atoms. The van der Waals surface area contributed by atoms with Gasteiger partial charge >= 0.3 is 11.9 Å². The largest absolute Gasteiger partial charge is 0.511 e. The van der Waals surface area contributed by atoms with E-state index in [9.17, 15) is 14.7 Å². The van der Waals surface area contributed by atoms with E-state index in [1.807, 2.05) is 19.9 Å². The zero-order chi connectivity index (χ0) is 22.4. The molecule has 0 bridgehead atoms. The number of hydrogen-bond donors (Lipinski definition) is 1. The summed E-state index contributed by atoms with van der Waals surface area (Å²) in [4.78, 5) is 26.3. The van der Waals surface area contributed by atoms with E-state index in [0.29, 0.717) is 37.2 Å². The second-order valence-electron chi connectivity index (χ2n) is 8.22. The van der Waals surface area contributed by atoms with Crippen molar-refractivity contribution in [3.05, 3.63) is 34.3 Å². The number of ether oxygens (including phenoxy) is 4. The van der Waals surface area contributed by atoms with E-state index in [0.717, 1.165) is 44.0 Å². The van der Waals surface area contributed by atoms with Crippen LogP contribution in [0, 0.1) is 11.8 Å². The molecule has 2 atom stereocenters. The third-order valence-corrected chi connectivity index (χ3v) is 6.21. The minimum atomic E-state index is -0.649. The first-order chi connectivity index (χ1) is 14.9. The first-order valence-electron chi connectivity index (χ1n) is 10.9. The normalized spacial score (nSPS) is 24.9. The molecular formula is C23H33NO7. The molecule has 2 aliphatic heterocycles. The number of rotatable bonds is 9. The summed E-state index contributed by atoms with van der Waals surface area (Å²) < 4.78 is 21.3. The van der Waals surface area contributed by atoms with Crippen molar-refractivity contribution in [2.24, 2.45) is 11.8 Å². The number of carbonyl (C=O) groups excluding carboxylic acids is 2. The van der Waals surface area contributed by atoms with E-state index in [4.69, 9.17) is 18.9 Å². The van der Waals surface area contributed by atoms with Crippen molar-refractivity contribution in [2.75, 3.05) is 53.2 Å². The molecule has 8 heteroatoms. The molecule has 3 aliphatic rings. The van der Waals surface area contributed by atoms with Crippen molar-refractivity contribution in [3.63, 3.8) is 0 Å². The molecule has 31 heavy (non-hydrogen) atoms. The van der Waals surface area contributed by atoms with E-state index in [1.54, 1.807) is 7.11 Å². The molecular weight excluding hydrogens is 402 g/mol. The van der Waals surface area contributed by atoms with Gasteiger partial charge < -0.3 is 24.1 Å². The summed E-state index contributed by atoms with van der Waals surface area (Å²) in [5, 5.41) is 10.7. The topological polar surface area (TPSA) is 94.5 Å². The Labute approximate surface area is 183 Å². The Morgan fingerprint density at radius 1 is 1.29 bits per heavy atom. The fourth-order valence-corrected chi connectivity index (χ4v) is 4.25. The predicted molar refractivity (Wildman–Crippen MR) is 113 cm³/mol. The molecule has 0 aromatic carbocycles. The van der Waals surface area contributed by atoms with Crippen LogP contribution in [0.4, 0.5) is 0 Å². The zero-order valence-electron chi connectivity index (χ0n) is 18.6. The molecule has 8 nitrogen and oxygen atoms in total. The second-order valence-corrected chi connectivity index (χ2v) is 8.22. The second kappa shape index (κ2) is 10.8. The van der Waals surface area contributed by atoms with Crippen molar-refractivity contribution < 1.29 is 33.6 Å². The van der Waals surface area contributed by atoms with Crippen LogP contribution in [0.15, 0.2) is 34.3 Å². The van der Waals surface area contributed by atoms with Crippen LogP contribution in [-0.4, -0.2) is 75.1 Å². The lowest BCUT2D eigenvalue weighted by atomic mass is 9.79.